The van der Waals surface area contributed by atoms with Crippen LogP contribution in [-0.2, 0) is 28.6 Å². The lowest BCUT2D eigenvalue weighted by Gasteiger charge is -2.09. The molecule has 0 aromatic heterocycles. The summed E-state index contributed by atoms with van der Waals surface area (Å²) in [6.07, 6.45) is 0. The highest BCUT2D eigenvalue weighted by molar-refractivity contribution is 6.18. The smallest absolute Gasteiger partial charge is 0.346 e. The Bertz CT molecular complexity index is 322. The van der Waals surface area contributed by atoms with Crippen molar-refractivity contribution >= 4 is 17.9 Å². The van der Waals surface area contributed by atoms with Crippen molar-refractivity contribution in [2.45, 2.75) is 20.8 Å². The number of methoxy groups -OCH3 is 1. The van der Waals surface area contributed by atoms with Crippen molar-refractivity contribution in [3.05, 3.63) is 11.1 Å². The second kappa shape index (κ2) is 7.43. The summed E-state index contributed by atoms with van der Waals surface area (Å²) in [6.45, 7) is 4.67. The van der Waals surface area contributed by atoms with Crippen LogP contribution < -0.4 is 0 Å². The van der Waals surface area contributed by atoms with E-state index in [4.69, 9.17) is 0 Å². The van der Waals surface area contributed by atoms with Crippen molar-refractivity contribution in [1.29, 1.82) is 0 Å². The molecule has 0 heterocycles. The maximum absolute atomic E-state index is 11.5. The van der Waals surface area contributed by atoms with Gasteiger partial charge in [-0.15, -0.1) is 0 Å². The topological polar surface area (TPSA) is 78.9 Å². The first-order valence-electron chi connectivity index (χ1n) is 5.12. The molecule has 0 spiro atoms. The lowest BCUT2D eigenvalue weighted by molar-refractivity contribution is -0.148. The fraction of sp³-hybridized carbons (Fsp3) is 0.545. The first kappa shape index (κ1) is 15.2. The third kappa shape index (κ3) is 4.26. The van der Waals surface area contributed by atoms with Crippen molar-refractivity contribution in [1.82, 2.24) is 0 Å². The van der Waals surface area contributed by atoms with Gasteiger partial charge in [-0.2, -0.15) is 0 Å². The number of carbonyl (C=O) groups is 3. The minimum Gasteiger partial charge on any atom is -0.466 e. The van der Waals surface area contributed by atoms with Crippen LogP contribution in [-0.4, -0.2) is 38.2 Å². The first-order valence-corrected chi connectivity index (χ1v) is 5.12. The molecule has 0 saturated heterocycles. The minimum absolute atomic E-state index is 0.0934. The van der Waals surface area contributed by atoms with Crippen molar-refractivity contribution in [3.63, 3.8) is 0 Å². The molecule has 0 aromatic rings. The molecule has 96 valence electrons. The van der Waals surface area contributed by atoms with Gasteiger partial charge in [0.25, 0.3) is 0 Å². The zero-order valence-corrected chi connectivity index (χ0v) is 10.4. The van der Waals surface area contributed by atoms with Crippen molar-refractivity contribution in [2.75, 3.05) is 20.3 Å². The van der Waals surface area contributed by atoms with E-state index in [1.807, 2.05) is 0 Å². The summed E-state index contributed by atoms with van der Waals surface area (Å²) < 4.78 is 13.8. The molecule has 0 aliphatic carbocycles. The van der Waals surface area contributed by atoms with Crippen LogP contribution in [0.15, 0.2) is 11.1 Å². The van der Waals surface area contributed by atoms with E-state index in [2.05, 4.69) is 14.2 Å². The molecule has 0 aromatic carbocycles. The Morgan fingerprint density at radius 1 is 0.882 bits per heavy atom. The van der Waals surface area contributed by atoms with Crippen molar-refractivity contribution in [2.24, 2.45) is 0 Å². The second-order valence-electron chi connectivity index (χ2n) is 2.93. The van der Waals surface area contributed by atoms with Crippen molar-refractivity contribution in [3.8, 4) is 0 Å². The highest BCUT2D eigenvalue weighted by Gasteiger charge is 2.27. The van der Waals surface area contributed by atoms with E-state index in [9.17, 15) is 14.4 Å². The third-order valence-corrected chi connectivity index (χ3v) is 1.83. The van der Waals surface area contributed by atoms with Gasteiger partial charge in [0.15, 0.2) is 5.57 Å². The molecule has 6 nitrogen and oxygen atoms in total. The number of carbonyl (C=O) groups excluding carboxylic acids is 3. The SMILES string of the molecule is CCOC(=O)C(C(=O)OCC)=C(C)C(=O)OC. The summed E-state index contributed by atoms with van der Waals surface area (Å²) in [5.74, 6) is -2.57. The average molecular weight is 244 g/mol. The van der Waals surface area contributed by atoms with Gasteiger partial charge in [0.2, 0.25) is 0 Å². The maximum Gasteiger partial charge on any atom is 0.346 e. The predicted molar refractivity (Wildman–Crippen MR) is 58.0 cm³/mol. The standard InChI is InChI=1S/C11H16O6/c1-5-16-10(13)8(11(14)17-6-2)7(3)9(12)15-4/h5-6H2,1-4H3. The van der Waals surface area contributed by atoms with Gasteiger partial charge < -0.3 is 14.2 Å². The molecule has 0 aliphatic heterocycles. The van der Waals surface area contributed by atoms with E-state index in [0.29, 0.717) is 0 Å². The summed E-state index contributed by atoms with van der Waals surface area (Å²) in [5, 5.41) is 0. The molecule has 0 rings (SSSR count). The Hall–Kier alpha value is -1.85. The van der Waals surface area contributed by atoms with E-state index >= 15 is 0 Å². The normalized spacial score (nSPS) is 9.18. The summed E-state index contributed by atoms with van der Waals surface area (Å²) in [6, 6.07) is 0. The quantitative estimate of drug-likeness (QED) is 0.232. The Balaban J connectivity index is 5.30. The van der Waals surface area contributed by atoms with Gasteiger partial charge in [-0.3, -0.25) is 0 Å². The molecule has 0 amide bonds. The summed E-state index contributed by atoms with van der Waals surface area (Å²) in [7, 11) is 1.15. The van der Waals surface area contributed by atoms with Gasteiger partial charge >= 0.3 is 17.9 Å². The third-order valence-electron chi connectivity index (χ3n) is 1.83. The Morgan fingerprint density at radius 2 is 1.29 bits per heavy atom. The number of hydrogen-bond acceptors (Lipinski definition) is 6. The van der Waals surface area contributed by atoms with Crippen LogP contribution in [0.5, 0.6) is 0 Å². The van der Waals surface area contributed by atoms with Gasteiger partial charge in [-0.1, -0.05) is 0 Å². The molecule has 0 saturated carbocycles. The lowest BCUT2D eigenvalue weighted by atomic mass is 10.1. The Kier molecular flexibility index (Phi) is 6.62. The van der Waals surface area contributed by atoms with Crippen LogP contribution in [0.3, 0.4) is 0 Å². The number of ether oxygens (including phenoxy) is 3. The minimum atomic E-state index is -0.895. The first-order chi connectivity index (χ1) is 7.99. The number of rotatable bonds is 5. The fourth-order valence-corrected chi connectivity index (χ4v) is 1.05. The summed E-state index contributed by atoms with van der Waals surface area (Å²) >= 11 is 0. The van der Waals surface area contributed by atoms with Gasteiger partial charge in [-0.05, 0) is 20.8 Å². The van der Waals surface area contributed by atoms with Crippen LogP contribution in [0.25, 0.3) is 0 Å². The summed E-state index contributed by atoms with van der Waals surface area (Å²) in [4.78, 5) is 34.3. The number of esters is 3. The Labute approximate surface area is 99.5 Å². The second-order valence-corrected chi connectivity index (χ2v) is 2.93. The molecular weight excluding hydrogens is 228 g/mol. The van der Waals surface area contributed by atoms with Gasteiger partial charge in [-0.25, -0.2) is 14.4 Å². The van der Waals surface area contributed by atoms with E-state index in [1.165, 1.54) is 6.92 Å². The average Bonchev–Trinajstić information content (AvgIpc) is 2.28. The zero-order valence-electron chi connectivity index (χ0n) is 10.4. The highest BCUT2D eigenvalue weighted by atomic mass is 16.6. The predicted octanol–water partition coefficient (Wildman–Crippen LogP) is 0.602. The van der Waals surface area contributed by atoms with E-state index in [-0.39, 0.29) is 18.8 Å². The molecule has 0 unspecified atom stereocenters. The van der Waals surface area contributed by atoms with Crippen LogP contribution >= 0.6 is 0 Å². The van der Waals surface area contributed by atoms with Gasteiger partial charge in [0.05, 0.1) is 25.9 Å². The van der Waals surface area contributed by atoms with Crippen LogP contribution in [0.4, 0.5) is 0 Å². The summed E-state index contributed by atoms with van der Waals surface area (Å²) in [5.41, 5.74) is -0.565. The molecule has 0 atom stereocenters. The molecule has 17 heavy (non-hydrogen) atoms. The van der Waals surface area contributed by atoms with Crippen molar-refractivity contribution < 1.29 is 28.6 Å². The molecule has 0 bridgehead atoms. The van der Waals surface area contributed by atoms with Gasteiger partial charge in [0, 0.05) is 0 Å². The van der Waals surface area contributed by atoms with Crippen LogP contribution in [0.1, 0.15) is 20.8 Å². The van der Waals surface area contributed by atoms with E-state index in [1.54, 1.807) is 13.8 Å². The molecule has 0 N–H and O–H groups in total. The van der Waals surface area contributed by atoms with Crippen LogP contribution in [0.2, 0.25) is 0 Å². The fourth-order valence-electron chi connectivity index (χ4n) is 1.05. The maximum atomic E-state index is 11.5. The molecule has 0 radical (unpaired) electrons. The monoisotopic (exact) mass is 244 g/mol. The van der Waals surface area contributed by atoms with Crippen LogP contribution in [0, 0.1) is 0 Å². The van der Waals surface area contributed by atoms with E-state index in [0.717, 1.165) is 7.11 Å². The zero-order chi connectivity index (χ0) is 13.4. The Morgan fingerprint density at radius 3 is 1.59 bits per heavy atom. The van der Waals surface area contributed by atoms with E-state index < -0.39 is 23.5 Å². The van der Waals surface area contributed by atoms with Gasteiger partial charge in [0.1, 0.15) is 0 Å². The molecular formula is C11H16O6. The largest absolute Gasteiger partial charge is 0.466 e. The molecule has 0 fully saturated rings. The lowest BCUT2D eigenvalue weighted by Crippen LogP contribution is -2.22. The highest BCUT2D eigenvalue weighted by Crippen LogP contribution is 2.10. The molecule has 6 heteroatoms. The molecule has 0 aliphatic rings. The number of hydrogen-bond donors (Lipinski definition) is 0.